The first-order chi connectivity index (χ1) is 10.2. The van der Waals surface area contributed by atoms with Crippen molar-refractivity contribution in [2.45, 2.75) is 24.0 Å². The first-order valence-electron chi connectivity index (χ1n) is 6.72. The van der Waals surface area contributed by atoms with Crippen LogP contribution in [-0.2, 0) is 4.79 Å². The zero-order valence-electron chi connectivity index (χ0n) is 11.3. The highest BCUT2D eigenvalue weighted by molar-refractivity contribution is 7.99. The molecule has 1 N–H and O–H groups in total. The number of halogens is 1. The van der Waals surface area contributed by atoms with E-state index < -0.39 is 0 Å². The molecule has 1 heterocycles. The number of hydrogen-bond acceptors (Lipinski definition) is 4. The molecular formula is C15H14FN3OS. The average Bonchev–Trinajstić information content (AvgIpc) is 3.30. The Bertz CT molecular complexity index is 644. The van der Waals surface area contributed by atoms with E-state index in [1.165, 1.54) is 23.9 Å². The summed E-state index contributed by atoms with van der Waals surface area (Å²) in [6.07, 6.45) is 3.80. The Kier molecular flexibility index (Phi) is 4.15. The van der Waals surface area contributed by atoms with Gasteiger partial charge in [-0.2, -0.15) is 0 Å². The van der Waals surface area contributed by atoms with Crippen molar-refractivity contribution in [3.05, 3.63) is 42.3 Å². The topological polar surface area (TPSA) is 54.9 Å². The second-order valence-electron chi connectivity index (χ2n) is 4.86. The van der Waals surface area contributed by atoms with Crippen molar-refractivity contribution in [1.29, 1.82) is 0 Å². The summed E-state index contributed by atoms with van der Waals surface area (Å²) in [6.45, 7) is 0. The van der Waals surface area contributed by atoms with Crippen molar-refractivity contribution in [2.24, 2.45) is 0 Å². The van der Waals surface area contributed by atoms with Gasteiger partial charge in [-0.1, -0.05) is 11.8 Å². The highest BCUT2D eigenvalue weighted by atomic mass is 32.2. The number of thioether (sulfide) groups is 1. The summed E-state index contributed by atoms with van der Waals surface area (Å²) in [6, 6.07) is 8.27. The van der Waals surface area contributed by atoms with E-state index >= 15 is 0 Å². The zero-order valence-corrected chi connectivity index (χ0v) is 12.1. The standard InChI is InChI=1S/C15H14FN3OS/c16-11-3-1-10(2-4-11)13-7-8-17-15(19-13)21-9-14(20)18-12-5-6-12/h1-4,7-8,12H,5-6,9H2,(H,18,20). The van der Waals surface area contributed by atoms with Gasteiger partial charge in [-0.25, -0.2) is 14.4 Å². The Balaban J connectivity index is 1.64. The molecule has 1 saturated carbocycles. The number of amides is 1. The summed E-state index contributed by atoms with van der Waals surface area (Å²) in [5.74, 6) is 0.0426. The van der Waals surface area contributed by atoms with Gasteiger partial charge in [0.2, 0.25) is 5.91 Å². The van der Waals surface area contributed by atoms with Crippen molar-refractivity contribution in [1.82, 2.24) is 15.3 Å². The van der Waals surface area contributed by atoms with E-state index in [1.807, 2.05) is 0 Å². The van der Waals surface area contributed by atoms with Crippen LogP contribution in [0.5, 0.6) is 0 Å². The van der Waals surface area contributed by atoms with E-state index in [4.69, 9.17) is 0 Å². The van der Waals surface area contributed by atoms with Gasteiger partial charge in [0, 0.05) is 17.8 Å². The van der Waals surface area contributed by atoms with Crippen molar-refractivity contribution >= 4 is 17.7 Å². The lowest BCUT2D eigenvalue weighted by molar-refractivity contribution is -0.118. The number of aromatic nitrogens is 2. The summed E-state index contributed by atoms with van der Waals surface area (Å²) in [4.78, 5) is 20.2. The third-order valence-electron chi connectivity index (χ3n) is 3.05. The average molecular weight is 303 g/mol. The van der Waals surface area contributed by atoms with Crippen molar-refractivity contribution in [3.8, 4) is 11.3 Å². The molecule has 0 spiro atoms. The molecule has 0 atom stereocenters. The smallest absolute Gasteiger partial charge is 0.230 e. The van der Waals surface area contributed by atoms with Gasteiger partial charge in [0.25, 0.3) is 0 Å². The van der Waals surface area contributed by atoms with Crippen molar-refractivity contribution in [2.75, 3.05) is 5.75 Å². The number of carbonyl (C=O) groups is 1. The summed E-state index contributed by atoms with van der Waals surface area (Å²) in [7, 11) is 0. The zero-order chi connectivity index (χ0) is 14.7. The second-order valence-corrected chi connectivity index (χ2v) is 5.80. The maximum atomic E-state index is 12.9. The van der Waals surface area contributed by atoms with Crippen LogP contribution in [0.3, 0.4) is 0 Å². The molecule has 0 radical (unpaired) electrons. The van der Waals surface area contributed by atoms with Crippen LogP contribution in [0.25, 0.3) is 11.3 Å². The van der Waals surface area contributed by atoms with Gasteiger partial charge >= 0.3 is 0 Å². The molecule has 0 bridgehead atoms. The molecule has 0 saturated heterocycles. The predicted octanol–water partition coefficient (Wildman–Crippen LogP) is 2.65. The molecule has 1 aliphatic rings. The van der Waals surface area contributed by atoms with E-state index in [-0.39, 0.29) is 11.7 Å². The van der Waals surface area contributed by atoms with Crippen LogP contribution in [0.2, 0.25) is 0 Å². The lowest BCUT2D eigenvalue weighted by Gasteiger charge is -2.04. The SMILES string of the molecule is O=C(CSc1nccc(-c2ccc(F)cc2)n1)NC1CC1. The number of rotatable bonds is 5. The fourth-order valence-corrected chi connectivity index (χ4v) is 2.46. The molecule has 0 aliphatic heterocycles. The largest absolute Gasteiger partial charge is 0.353 e. The molecule has 1 aromatic carbocycles. The molecule has 4 nitrogen and oxygen atoms in total. The van der Waals surface area contributed by atoms with E-state index in [0.29, 0.717) is 17.0 Å². The maximum Gasteiger partial charge on any atom is 0.230 e. The van der Waals surface area contributed by atoms with Gasteiger partial charge in [0.1, 0.15) is 5.82 Å². The molecule has 1 aliphatic carbocycles. The number of hydrogen-bond donors (Lipinski definition) is 1. The molecular weight excluding hydrogens is 289 g/mol. The predicted molar refractivity (Wildman–Crippen MR) is 79.3 cm³/mol. The fraction of sp³-hybridized carbons (Fsp3) is 0.267. The van der Waals surface area contributed by atoms with E-state index in [0.717, 1.165) is 24.1 Å². The van der Waals surface area contributed by atoms with Gasteiger partial charge in [-0.15, -0.1) is 0 Å². The first kappa shape index (κ1) is 14.0. The molecule has 108 valence electrons. The van der Waals surface area contributed by atoms with Gasteiger partial charge in [0.05, 0.1) is 11.4 Å². The molecule has 1 amide bonds. The summed E-state index contributed by atoms with van der Waals surface area (Å²) in [5, 5.41) is 3.46. The molecule has 3 rings (SSSR count). The highest BCUT2D eigenvalue weighted by Gasteiger charge is 2.23. The van der Waals surface area contributed by atoms with E-state index in [9.17, 15) is 9.18 Å². The van der Waals surface area contributed by atoms with Crippen LogP contribution in [-0.4, -0.2) is 27.7 Å². The number of nitrogens with one attached hydrogen (secondary N) is 1. The summed E-state index contributed by atoms with van der Waals surface area (Å²) >= 11 is 1.30. The van der Waals surface area contributed by atoms with Gasteiger partial charge in [-0.05, 0) is 43.2 Å². The highest BCUT2D eigenvalue weighted by Crippen LogP contribution is 2.21. The van der Waals surface area contributed by atoms with Crippen LogP contribution >= 0.6 is 11.8 Å². The Hall–Kier alpha value is -1.95. The Morgan fingerprint density at radius 1 is 1.29 bits per heavy atom. The van der Waals surface area contributed by atoms with Crippen LogP contribution < -0.4 is 5.32 Å². The molecule has 1 aromatic heterocycles. The fourth-order valence-electron chi connectivity index (χ4n) is 1.82. The minimum absolute atomic E-state index is 0.0123. The third-order valence-corrected chi connectivity index (χ3v) is 3.91. The molecule has 6 heteroatoms. The monoisotopic (exact) mass is 303 g/mol. The van der Waals surface area contributed by atoms with Crippen LogP contribution in [0.4, 0.5) is 4.39 Å². The third kappa shape index (κ3) is 4.01. The molecule has 21 heavy (non-hydrogen) atoms. The Labute approximate surface area is 126 Å². The van der Waals surface area contributed by atoms with Crippen LogP contribution in [0, 0.1) is 5.82 Å². The number of carbonyl (C=O) groups excluding carboxylic acids is 1. The molecule has 1 fully saturated rings. The summed E-state index contributed by atoms with van der Waals surface area (Å²) < 4.78 is 12.9. The van der Waals surface area contributed by atoms with Crippen LogP contribution in [0.1, 0.15) is 12.8 Å². The maximum absolute atomic E-state index is 12.9. The van der Waals surface area contributed by atoms with E-state index in [1.54, 1.807) is 24.4 Å². The summed E-state index contributed by atoms with van der Waals surface area (Å²) in [5.41, 5.74) is 1.54. The second kappa shape index (κ2) is 6.22. The van der Waals surface area contributed by atoms with Crippen LogP contribution in [0.15, 0.2) is 41.7 Å². The first-order valence-corrected chi connectivity index (χ1v) is 7.70. The van der Waals surface area contributed by atoms with Crippen molar-refractivity contribution in [3.63, 3.8) is 0 Å². The van der Waals surface area contributed by atoms with Gasteiger partial charge in [0.15, 0.2) is 5.16 Å². The lowest BCUT2D eigenvalue weighted by atomic mass is 10.1. The number of benzene rings is 1. The normalized spacial score (nSPS) is 14.0. The minimum atomic E-state index is -0.279. The van der Waals surface area contributed by atoms with E-state index in [2.05, 4.69) is 15.3 Å². The quantitative estimate of drug-likeness (QED) is 0.681. The van der Waals surface area contributed by atoms with Gasteiger partial charge in [-0.3, -0.25) is 4.79 Å². The number of nitrogens with zero attached hydrogens (tertiary/aromatic N) is 2. The minimum Gasteiger partial charge on any atom is -0.353 e. The van der Waals surface area contributed by atoms with Gasteiger partial charge < -0.3 is 5.32 Å². The molecule has 2 aromatic rings. The Morgan fingerprint density at radius 2 is 2.05 bits per heavy atom. The lowest BCUT2D eigenvalue weighted by Crippen LogP contribution is -2.27. The molecule has 0 unspecified atom stereocenters. The Morgan fingerprint density at radius 3 is 2.76 bits per heavy atom. The van der Waals surface area contributed by atoms with Crippen molar-refractivity contribution < 1.29 is 9.18 Å².